The molecule has 0 N–H and O–H groups in total. The van der Waals surface area contributed by atoms with Crippen LogP contribution < -0.4 is 0 Å². The minimum Gasteiger partial charge on any atom is -0.447 e. The van der Waals surface area contributed by atoms with Crippen LogP contribution in [0.2, 0.25) is 0 Å². The van der Waals surface area contributed by atoms with Gasteiger partial charge in [-0.15, -0.1) is 0 Å². The van der Waals surface area contributed by atoms with Crippen LogP contribution in [-0.4, -0.2) is 50.0 Å². The Balaban J connectivity index is 1.47. The van der Waals surface area contributed by atoms with Crippen LogP contribution in [0.5, 0.6) is 0 Å². The van der Waals surface area contributed by atoms with Crippen molar-refractivity contribution in [1.82, 2.24) is 9.21 Å². The molecule has 1 amide bonds. The third kappa shape index (κ3) is 2.70. The highest BCUT2D eigenvalue weighted by Gasteiger charge is 2.53. The maximum atomic E-state index is 13.3. The van der Waals surface area contributed by atoms with Crippen LogP contribution in [0.25, 0.3) is 0 Å². The normalized spacial score (nSPS) is 32.8. The second-order valence-electron chi connectivity index (χ2n) is 8.68. The summed E-state index contributed by atoms with van der Waals surface area (Å²) in [5, 5.41) is 0. The molecule has 150 valence electrons. The van der Waals surface area contributed by atoms with Crippen molar-refractivity contribution in [3.05, 3.63) is 41.6 Å². The van der Waals surface area contributed by atoms with Gasteiger partial charge < -0.3 is 4.74 Å². The van der Waals surface area contributed by atoms with E-state index in [0.29, 0.717) is 43.0 Å². The van der Waals surface area contributed by atoms with Crippen molar-refractivity contribution in [2.24, 2.45) is 17.3 Å². The third-order valence-corrected chi connectivity index (χ3v) is 8.98. The van der Waals surface area contributed by atoms with Crippen LogP contribution in [0.4, 0.5) is 4.79 Å². The minimum absolute atomic E-state index is 0.164. The molecule has 2 aliphatic heterocycles. The van der Waals surface area contributed by atoms with Crippen molar-refractivity contribution >= 4 is 16.1 Å². The fraction of sp³-hybridized carbons (Fsp3) is 0.571. The average Bonchev–Trinajstić information content (AvgIpc) is 3.13. The number of hydrogen-bond acceptors (Lipinski definition) is 4. The summed E-state index contributed by atoms with van der Waals surface area (Å²) >= 11 is 0. The lowest BCUT2D eigenvalue weighted by atomic mass is 9.55. The van der Waals surface area contributed by atoms with Gasteiger partial charge in [-0.1, -0.05) is 23.8 Å². The number of aryl methyl sites for hydroxylation is 1. The molecule has 3 atom stereocenters. The first-order valence-electron chi connectivity index (χ1n) is 10.1. The van der Waals surface area contributed by atoms with Gasteiger partial charge in [-0.2, -0.15) is 4.31 Å². The molecule has 2 heterocycles. The first-order valence-corrected chi connectivity index (χ1v) is 11.6. The largest absolute Gasteiger partial charge is 0.447 e. The average molecular weight is 403 g/mol. The summed E-state index contributed by atoms with van der Waals surface area (Å²) in [6.07, 6.45) is 5.92. The number of fused-ring (bicyclic) bond motifs is 1. The second-order valence-corrected chi connectivity index (χ2v) is 10.6. The Morgan fingerprint density at radius 2 is 1.93 bits per heavy atom. The van der Waals surface area contributed by atoms with Crippen LogP contribution >= 0.6 is 0 Å². The van der Waals surface area contributed by atoms with E-state index in [9.17, 15) is 13.2 Å². The Kier molecular flexibility index (Phi) is 4.11. The molecule has 6 nitrogen and oxygen atoms in total. The maximum absolute atomic E-state index is 13.3. The van der Waals surface area contributed by atoms with Crippen molar-refractivity contribution < 1.29 is 17.9 Å². The zero-order valence-corrected chi connectivity index (χ0v) is 17.0. The summed E-state index contributed by atoms with van der Waals surface area (Å²) in [5.74, 6) is 0.899. The number of hydrogen-bond donors (Lipinski definition) is 0. The Labute approximate surface area is 166 Å². The molecular weight excluding hydrogens is 376 g/mol. The van der Waals surface area contributed by atoms with E-state index >= 15 is 0 Å². The number of ether oxygens (including phenoxy) is 1. The number of piperidine rings is 1. The second kappa shape index (κ2) is 6.32. The highest BCUT2D eigenvalue weighted by Crippen LogP contribution is 2.56. The lowest BCUT2D eigenvalue weighted by Crippen LogP contribution is -2.55. The maximum Gasteiger partial charge on any atom is 0.414 e. The smallest absolute Gasteiger partial charge is 0.414 e. The highest BCUT2D eigenvalue weighted by molar-refractivity contribution is 7.89. The predicted octanol–water partition coefficient (Wildman–Crippen LogP) is 3.14. The fourth-order valence-corrected chi connectivity index (χ4v) is 7.11. The molecule has 1 spiro atoms. The number of cyclic esters (lactones) is 1. The van der Waals surface area contributed by atoms with Gasteiger partial charge in [0.1, 0.15) is 6.61 Å². The summed E-state index contributed by atoms with van der Waals surface area (Å²) in [7, 11) is -3.51. The molecule has 5 aliphatic rings. The Morgan fingerprint density at radius 1 is 1.14 bits per heavy atom. The van der Waals surface area contributed by atoms with Gasteiger partial charge in [0, 0.05) is 24.2 Å². The number of sulfonamides is 1. The van der Waals surface area contributed by atoms with E-state index in [-0.39, 0.29) is 11.5 Å². The lowest BCUT2D eigenvalue weighted by Gasteiger charge is -2.55. The monoisotopic (exact) mass is 402 g/mol. The van der Waals surface area contributed by atoms with Gasteiger partial charge >= 0.3 is 6.09 Å². The van der Waals surface area contributed by atoms with Crippen molar-refractivity contribution in [3.63, 3.8) is 0 Å². The summed E-state index contributed by atoms with van der Waals surface area (Å²) in [6.45, 7) is 4.08. The number of carbonyl (C=O) groups is 1. The molecule has 6 rings (SSSR count). The van der Waals surface area contributed by atoms with Gasteiger partial charge in [0.25, 0.3) is 0 Å². The van der Waals surface area contributed by atoms with Crippen LogP contribution in [-0.2, 0) is 14.8 Å². The SMILES string of the molecule is Cc1ccc(S(=O)(=O)N2CC[C@@H]3C[C@H]4CC[C@@]3(C=C4N3CCOC3=O)C2)cc1. The quantitative estimate of drug-likeness (QED) is 0.779. The molecule has 28 heavy (non-hydrogen) atoms. The highest BCUT2D eigenvalue weighted by atomic mass is 32.2. The Morgan fingerprint density at radius 3 is 2.64 bits per heavy atom. The number of allylic oxidation sites excluding steroid dienone is 1. The molecule has 2 bridgehead atoms. The van der Waals surface area contributed by atoms with Crippen molar-refractivity contribution in [2.45, 2.75) is 37.5 Å². The summed E-state index contributed by atoms with van der Waals surface area (Å²) in [4.78, 5) is 14.2. The number of amides is 1. The molecule has 0 aromatic heterocycles. The van der Waals surface area contributed by atoms with Crippen LogP contribution in [0.1, 0.15) is 31.2 Å². The van der Waals surface area contributed by atoms with Crippen molar-refractivity contribution in [3.8, 4) is 0 Å². The van der Waals surface area contributed by atoms with Gasteiger partial charge in [-0.05, 0) is 56.6 Å². The van der Waals surface area contributed by atoms with E-state index in [0.717, 1.165) is 36.9 Å². The molecule has 1 aromatic carbocycles. The van der Waals surface area contributed by atoms with Gasteiger partial charge in [-0.3, -0.25) is 4.90 Å². The molecule has 3 fully saturated rings. The van der Waals surface area contributed by atoms with Crippen LogP contribution in [0.3, 0.4) is 0 Å². The van der Waals surface area contributed by atoms with E-state index < -0.39 is 10.0 Å². The van der Waals surface area contributed by atoms with Crippen LogP contribution in [0, 0.1) is 24.2 Å². The topological polar surface area (TPSA) is 66.9 Å². The minimum atomic E-state index is -3.51. The first kappa shape index (κ1) is 18.2. The Hall–Kier alpha value is -1.86. The molecule has 2 saturated heterocycles. The number of benzene rings is 1. The van der Waals surface area contributed by atoms with Crippen molar-refractivity contribution in [1.29, 1.82) is 0 Å². The van der Waals surface area contributed by atoms with E-state index in [4.69, 9.17) is 4.74 Å². The van der Waals surface area contributed by atoms with Gasteiger partial charge in [0.2, 0.25) is 10.0 Å². The number of nitrogens with zero attached hydrogens (tertiary/aromatic N) is 2. The first-order chi connectivity index (χ1) is 13.4. The predicted molar refractivity (Wildman–Crippen MR) is 104 cm³/mol. The van der Waals surface area contributed by atoms with Gasteiger partial charge in [0.15, 0.2) is 0 Å². The molecule has 1 saturated carbocycles. The zero-order valence-electron chi connectivity index (χ0n) is 16.1. The van der Waals surface area contributed by atoms with Gasteiger partial charge in [-0.25, -0.2) is 13.2 Å². The Bertz CT molecular complexity index is 940. The summed E-state index contributed by atoms with van der Waals surface area (Å²) in [5.41, 5.74) is 1.95. The molecule has 1 aromatic rings. The van der Waals surface area contributed by atoms with Gasteiger partial charge in [0.05, 0.1) is 11.4 Å². The molecular formula is C21H26N2O4S. The zero-order chi connectivity index (χ0) is 19.5. The number of carbonyl (C=O) groups excluding carboxylic acids is 1. The third-order valence-electron chi connectivity index (χ3n) is 7.12. The molecule has 0 unspecified atom stereocenters. The standard InChI is InChI=1S/C21H26N2O4S/c1-15-2-4-18(5-3-15)28(25,26)22-9-7-17-12-16-6-8-21(17,14-22)13-19(16)23-10-11-27-20(23)24/h2-5,13,16-17H,6-12,14H2,1H3/t16-,17-,21-/m1/s1. The summed E-state index contributed by atoms with van der Waals surface area (Å²) < 4.78 is 33.3. The lowest BCUT2D eigenvalue weighted by molar-refractivity contribution is 0.0257. The molecule has 3 aliphatic carbocycles. The molecule has 0 radical (unpaired) electrons. The van der Waals surface area contributed by atoms with E-state index in [2.05, 4.69) is 6.08 Å². The van der Waals surface area contributed by atoms with Crippen LogP contribution in [0.15, 0.2) is 40.9 Å². The fourth-order valence-electron chi connectivity index (χ4n) is 5.57. The number of rotatable bonds is 3. The summed E-state index contributed by atoms with van der Waals surface area (Å²) in [6, 6.07) is 7.10. The molecule has 7 heteroatoms. The van der Waals surface area contributed by atoms with E-state index in [1.807, 2.05) is 19.1 Å². The van der Waals surface area contributed by atoms with Crippen molar-refractivity contribution in [2.75, 3.05) is 26.2 Å². The van der Waals surface area contributed by atoms with E-state index in [1.54, 1.807) is 21.3 Å². The van der Waals surface area contributed by atoms with E-state index in [1.165, 1.54) is 0 Å².